The maximum absolute atomic E-state index is 12.1. The molecule has 0 spiro atoms. The van der Waals surface area contributed by atoms with Gasteiger partial charge in [-0.3, -0.25) is 0 Å². The average molecular weight is 301 g/mol. The van der Waals surface area contributed by atoms with Gasteiger partial charge in [-0.25, -0.2) is 9.59 Å². The monoisotopic (exact) mass is 301 g/mol. The molecule has 2 amide bonds. The van der Waals surface area contributed by atoms with E-state index in [0.29, 0.717) is 24.8 Å². The van der Waals surface area contributed by atoms with E-state index in [1.807, 2.05) is 0 Å². The van der Waals surface area contributed by atoms with Crippen LogP contribution in [0.1, 0.15) is 13.3 Å². The Kier molecular flexibility index (Phi) is 5.54. The zero-order valence-corrected chi connectivity index (χ0v) is 12.7. The second-order valence-corrected chi connectivity index (χ2v) is 6.51. The van der Waals surface area contributed by atoms with Crippen LogP contribution in [0.3, 0.4) is 0 Å². The number of carboxylic acids is 1. The van der Waals surface area contributed by atoms with Gasteiger partial charge < -0.3 is 20.2 Å². The molecular weight excluding hydrogens is 278 g/mol. The maximum atomic E-state index is 12.1. The van der Waals surface area contributed by atoms with Crippen LogP contribution >= 0.6 is 11.8 Å². The van der Waals surface area contributed by atoms with Crippen LogP contribution in [0.5, 0.6) is 0 Å². The maximum Gasteiger partial charge on any atom is 0.327 e. The van der Waals surface area contributed by atoms with E-state index in [-0.39, 0.29) is 6.03 Å². The minimum atomic E-state index is -0.912. The third-order valence-corrected chi connectivity index (χ3v) is 5.06. The van der Waals surface area contributed by atoms with Gasteiger partial charge in [0.05, 0.1) is 0 Å². The molecule has 0 bridgehead atoms. The number of hydrogen-bond donors (Lipinski definition) is 2. The smallest absolute Gasteiger partial charge is 0.327 e. The van der Waals surface area contributed by atoms with Crippen molar-refractivity contribution in [3.05, 3.63) is 0 Å². The van der Waals surface area contributed by atoms with Crippen LogP contribution in [-0.2, 0) is 4.79 Å². The highest BCUT2D eigenvalue weighted by Crippen LogP contribution is 2.18. The fourth-order valence-corrected chi connectivity index (χ4v) is 3.79. The van der Waals surface area contributed by atoms with Crippen molar-refractivity contribution in [2.45, 2.75) is 19.4 Å². The molecule has 6 nitrogen and oxygen atoms in total. The van der Waals surface area contributed by atoms with Crippen LogP contribution in [-0.4, -0.2) is 77.2 Å². The van der Waals surface area contributed by atoms with Crippen LogP contribution in [0.15, 0.2) is 0 Å². The van der Waals surface area contributed by atoms with Crippen LogP contribution in [0.2, 0.25) is 0 Å². The number of carbonyl (C=O) groups is 2. The third kappa shape index (κ3) is 3.79. The van der Waals surface area contributed by atoms with Crippen molar-refractivity contribution in [3.63, 3.8) is 0 Å². The first-order valence-electron chi connectivity index (χ1n) is 7.19. The Balaban J connectivity index is 1.80. The van der Waals surface area contributed by atoms with E-state index in [4.69, 9.17) is 5.11 Å². The number of likely N-dealkylation sites (tertiary alicyclic amines) is 1. The number of carbonyl (C=O) groups excluding carboxylic acids is 1. The Morgan fingerprint density at radius 3 is 2.85 bits per heavy atom. The number of thioether (sulfide) groups is 1. The van der Waals surface area contributed by atoms with E-state index in [0.717, 1.165) is 31.8 Å². The van der Waals surface area contributed by atoms with Gasteiger partial charge >= 0.3 is 12.0 Å². The van der Waals surface area contributed by atoms with E-state index >= 15 is 0 Å². The Hall–Kier alpha value is -0.950. The number of nitrogens with one attached hydrogen (secondary N) is 1. The molecule has 114 valence electrons. The van der Waals surface area contributed by atoms with Gasteiger partial charge in [0.25, 0.3) is 0 Å². The summed E-state index contributed by atoms with van der Waals surface area (Å²) in [5, 5.41) is 12.1. The summed E-state index contributed by atoms with van der Waals surface area (Å²) in [7, 11) is 0. The quantitative estimate of drug-likeness (QED) is 0.793. The van der Waals surface area contributed by atoms with E-state index in [1.165, 1.54) is 4.90 Å². The van der Waals surface area contributed by atoms with Gasteiger partial charge in [-0.15, -0.1) is 0 Å². The molecule has 2 unspecified atom stereocenters. The van der Waals surface area contributed by atoms with Crippen molar-refractivity contribution < 1.29 is 14.7 Å². The minimum Gasteiger partial charge on any atom is -0.480 e. The molecule has 0 radical (unpaired) electrons. The van der Waals surface area contributed by atoms with Gasteiger partial charge in [0, 0.05) is 31.1 Å². The molecule has 0 aromatic carbocycles. The Morgan fingerprint density at radius 1 is 1.40 bits per heavy atom. The summed E-state index contributed by atoms with van der Waals surface area (Å²) in [4.78, 5) is 27.2. The van der Waals surface area contributed by atoms with Gasteiger partial charge in [-0.1, -0.05) is 6.92 Å². The molecule has 0 aliphatic carbocycles. The number of aliphatic carboxylic acids is 1. The highest BCUT2D eigenvalue weighted by Gasteiger charge is 2.32. The fourth-order valence-electron chi connectivity index (χ4n) is 2.75. The second kappa shape index (κ2) is 7.17. The summed E-state index contributed by atoms with van der Waals surface area (Å²) in [5.74, 6) is 0.867. The van der Waals surface area contributed by atoms with Crippen LogP contribution < -0.4 is 5.32 Å². The number of amides is 2. The largest absolute Gasteiger partial charge is 0.480 e. The Morgan fingerprint density at radius 2 is 2.20 bits per heavy atom. The van der Waals surface area contributed by atoms with Gasteiger partial charge in [0.1, 0.15) is 6.04 Å². The van der Waals surface area contributed by atoms with Gasteiger partial charge in [0.15, 0.2) is 0 Å². The lowest BCUT2D eigenvalue weighted by Crippen LogP contribution is -2.54. The molecule has 2 heterocycles. The van der Waals surface area contributed by atoms with Crippen LogP contribution in [0, 0.1) is 5.92 Å². The molecule has 2 saturated heterocycles. The summed E-state index contributed by atoms with van der Waals surface area (Å²) in [6.07, 6.45) is 1.10. The van der Waals surface area contributed by atoms with Crippen LogP contribution in [0.25, 0.3) is 0 Å². The van der Waals surface area contributed by atoms with E-state index in [1.54, 1.807) is 11.8 Å². The number of nitrogens with zero attached hydrogens (tertiary/aromatic N) is 2. The van der Waals surface area contributed by atoms with E-state index in [9.17, 15) is 9.59 Å². The summed E-state index contributed by atoms with van der Waals surface area (Å²) < 4.78 is 0. The summed E-state index contributed by atoms with van der Waals surface area (Å²) in [5.41, 5.74) is 0. The van der Waals surface area contributed by atoms with Crippen LogP contribution in [0.4, 0.5) is 4.79 Å². The molecular formula is C13H23N3O3S. The highest BCUT2D eigenvalue weighted by molar-refractivity contribution is 7.99. The fraction of sp³-hybridized carbons (Fsp3) is 0.846. The molecule has 2 atom stereocenters. The SMILES string of the molecule is CCN1CCC(CNC(=O)N2CCSCC2C(=O)O)C1. The molecule has 2 rings (SSSR count). The number of hydrogen-bond acceptors (Lipinski definition) is 4. The Bertz CT molecular complexity index is 367. The van der Waals surface area contributed by atoms with Crippen molar-refractivity contribution in [2.24, 2.45) is 5.92 Å². The number of rotatable bonds is 4. The summed E-state index contributed by atoms with van der Waals surface area (Å²) in [6, 6.07) is -0.919. The molecule has 2 aliphatic rings. The summed E-state index contributed by atoms with van der Waals surface area (Å²) in [6.45, 7) is 6.47. The number of urea groups is 1. The highest BCUT2D eigenvalue weighted by atomic mass is 32.2. The third-order valence-electron chi connectivity index (χ3n) is 4.03. The topological polar surface area (TPSA) is 72.9 Å². The Labute approximate surface area is 123 Å². The predicted octanol–water partition coefficient (Wildman–Crippen LogP) is 0.540. The molecule has 20 heavy (non-hydrogen) atoms. The standard InChI is InChI=1S/C13H23N3O3S/c1-2-15-4-3-10(8-15)7-14-13(19)16-5-6-20-9-11(16)12(17)18/h10-11H,2-9H2,1H3,(H,14,19)(H,17,18). The first-order valence-corrected chi connectivity index (χ1v) is 8.34. The molecule has 2 N–H and O–H groups in total. The number of carboxylic acid groups (broad SMARTS) is 1. The van der Waals surface area contributed by atoms with Gasteiger partial charge in [0.2, 0.25) is 0 Å². The molecule has 2 aliphatic heterocycles. The molecule has 7 heteroatoms. The van der Waals surface area contributed by atoms with Crippen molar-refractivity contribution in [2.75, 3.05) is 44.2 Å². The molecule has 2 fully saturated rings. The first-order chi connectivity index (χ1) is 9.61. The van der Waals surface area contributed by atoms with Crippen molar-refractivity contribution in [3.8, 4) is 0 Å². The minimum absolute atomic E-state index is 0.229. The zero-order chi connectivity index (χ0) is 14.5. The summed E-state index contributed by atoms with van der Waals surface area (Å²) >= 11 is 1.59. The molecule has 0 aromatic rings. The normalized spacial score (nSPS) is 27.6. The zero-order valence-electron chi connectivity index (χ0n) is 11.9. The van der Waals surface area contributed by atoms with Crippen molar-refractivity contribution in [1.82, 2.24) is 15.1 Å². The lowest BCUT2D eigenvalue weighted by Gasteiger charge is -2.32. The van der Waals surface area contributed by atoms with Crippen molar-refractivity contribution >= 4 is 23.8 Å². The average Bonchev–Trinajstić information content (AvgIpc) is 2.92. The molecule has 0 saturated carbocycles. The predicted molar refractivity (Wildman–Crippen MR) is 79.1 cm³/mol. The van der Waals surface area contributed by atoms with E-state index < -0.39 is 12.0 Å². The lowest BCUT2D eigenvalue weighted by atomic mass is 10.1. The lowest BCUT2D eigenvalue weighted by molar-refractivity contribution is -0.141. The second-order valence-electron chi connectivity index (χ2n) is 5.36. The first kappa shape index (κ1) is 15.4. The van der Waals surface area contributed by atoms with Gasteiger partial charge in [-0.2, -0.15) is 11.8 Å². The molecule has 0 aromatic heterocycles. The van der Waals surface area contributed by atoms with Gasteiger partial charge in [-0.05, 0) is 25.4 Å². The van der Waals surface area contributed by atoms with E-state index in [2.05, 4.69) is 17.1 Å². The van der Waals surface area contributed by atoms with Crippen molar-refractivity contribution in [1.29, 1.82) is 0 Å².